The van der Waals surface area contributed by atoms with Crippen LogP contribution in [0.2, 0.25) is 0 Å². The van der Waals surface area contributed by atoms with Crippen molar-refractivity contribution in [3.05, 3.63) is 52.8 Å². The number of rotatable bonds is 5. The Labute approximate surface area is 164 Å². The number of aromatic amines is 2. The molecule has 12 heteroatoms. The van der Waals surface area contributed by atoms with Crippen molar-refractivity contribution in [3.8, 4) is 11.4 Å². The van der Waals surface area contributed by atoms with Crippen molar-refractivity contribution in [1.82, 2.24) is 19.4 Å². The molecular weight excluding hydrogens is 402 g/mol. The van der Waals surface area contributed by atoms with E-state index in [0.717, 1.165) is 0 Å². The van der Waals surface area contributed by atoms with E-state index in [1.54, 1.807) is 24.3 Å². The summed E-state index contributed by atoms with van der Waals surface area (Å²) < 4.78 is 36.3. The maximum Gasteiger partial charge on any atom is 0.439 e. The number of carbonyl (C=O) groups is 1. The van der Waals surface area contributed by atoms with Crippen molar-refractivity contribution < 1.29 is 22.5 Å². The van der Waals surface area contributed by atoms with Gasteiger partial charge in [0.05, 0.1) is 13.2 Å². The third-order valence-corrected chi connectivity index (χ3v) is 6.22. The summed E-state index contributed by atoms with van der Waals surface area (Å²) in [6.45, 7) is 1.21. The number of aromatic nitrogens is 3. The molecule has 2 aromatic heterocycles. The summed E-state index contributed by atoms with van der Waals surface area (Å²) in [4.78, 5) is 28.7. The van der Waals surface area contributed by atoms with Gasteiger partial charge in [0.25, 0.3) is 5.91 Å². The number of hydrogen-bond acceptors (Lipinski definition) is 7. The maximum absolute atomic E-state index is 12.7. The van der Waals surface area contributed by atoms with Gasteiger partial charge in [-0.1, -0.05) is 17.3 Å². The van der Waals surface area contributed by atoms with Crippen molar-refractivity contribution in [1.29, 1.82) is 0 Å². The fourth-order valence-corrected chi connectivity index (χ4v) is 4.29. The van der Waals surface area contributed by atoms with Gasteiger partial charge in [0.1, 0.15) is 10.6 Å². The first kappa shape index (κ1) is 19.1. The van der Waals surface area contributed by atoms with E-state index >= 15 is 0 Å². The van der Waals surface area contributed by atoms with Gasteiger partial charge in [0, 0.05) is 30.5 Å². The minimum Gasteiger partial charge on any atom is -0.379 e. The highest BCUT2D eigenvalue weighted by molar-refractivity contribution is 7.89. The second kappa shape index (κ2) is 7.66. The number of nitrogens with one attached hydrogen (secondary N) is 3. The number of sulfonamides is 1. The fourth-order valence-electron chi connectivity index (χ4n) is 2.89. The Bertz CT molecular complexity index is 1190. The first-order chi connectivity index (χ1) is 13.9. The topological polar surface area (TPSA) is 150 Å². The molecule has 0 unspecified atom stereocenters. The van der Waals surface area contributed by atoms with Gasteiger partial charge < -0.3 is 15.0 Å². The smallest absolute Gasteiger partial charge is 0.379 e. The number of nitrogens with zero attached hydrogens (tertiary/aromatic N) is 2. The fraction of sp³-hybridized carbons (Fsp3) is 0.235. The molecule has 1 amide bonds. The number of hydrogen-bond donors (Lipinski definition) is 3. The molecule has 1 aliphatic rings. The van der Waals surface area contributed by atoms with Crippen LogP contribution in [0.15, 0.2) is 50.7 Å². The first-order valence-electron chi connectivity index (χ1n) is 8.67. The van der Waals surface area contributed by atoms with E-state index in [2.05, 4.69) is 25.0 Å². The van der Waals surface area contributed by atoms with E-state index in [-0.39, 0.29) is 29.5 Å². The third-order valence-electron chi connectivity index (χ3n) is 4.34. The lowest BCUT2D eigenvalue weighted by molar-refractivity contribution is 0.0730. The molecule has 1 aliphatic heterocycles. The standard InChI is InChI=1S/C17H17N5O6S/c23-16(19-12-3-1-2-11(8-12)15-20-17(24)28-21-15)14-9-13(10-18-14)29(25,26)22-4-6-27-7-5-22/h1-3,8-10,18H,4-7H2,(H,19,23)(H,20,21,24). The van der Waals surface area contributed by atoms with Crippen molar-refractivity contribution >= 4 is 21.6 Å². The van der Waals surface area contributed by atoms with E-state index in [0.29, 0.717) is 24.5 Å². The molecule has 0 radical (unpaired) electrons. The first-order valence-corrected chi connectivity index (χ1v) is 10.1. The Kier molecular flexibility index (Phi) is 5.05. The summed E-state index contributed by atoms with van der Waals surface area (Å²) in [6, 6.07) is 7.89. The monoisotopic (exact) mass is 419 g/mol. The van der Waals surface area contributed by atoms with E-state index < -0.39 is 21.7 Å². The quantitative estimate of drug-likeness (QED) is 0.549. The molecule has 4 rings (SSSR count). The largest absolute Gasteiger partial charge is 0.439 e. The molecule has 0 spiro atoms. The van der Waals surface area contributed by atoms with Crippen LogP contribution in [0.5, 0.6) is 0 Å². The van der Waals surface area contributed by atoms with Gasteiger partial charge >= 0.3 is 5.76 Å². The molecule has 1 fully saturated rings. The molecule has 1 aromatic carbocycles. The van der Waals surface area contributed by atoms with Crippen LogP contribution < -0.4 is 11.1 Å². The van der Waals surface area contributed by atoms with Gasteiger partial charge in [0.15, 0.2) is 5.82 Å². The summed E-state index contributed by atoms with van der Waals surface area (Å²) >= 11 is 0. The molecule has 11 nitrogen and oxygen atoms in total. The number of morpholine rings is 1. The van der Waals surface area contributed by atoms with E-state index in [9.17, 15) is 18.0 Å². The Morgan fingerprint density at radius 1 is 1.21 bits per heavy atom. The summed E-state index contributed by atoms with van der Waals surface area (Å²) in [5.74, 6) is -0.973. The molecule has 3 aromatic rings. The van der Waals surface area contributed by atoms with Crippen LogP contribution in [0.3, 0.4) is 0 Å². The summed E-state index contributed by atoms with van der Waals surface area (Å²) in [7, 11) is -3.70. The van der Waals surface area contributed by atoms with Crippen LogP contribution >= 0.6 is 0 Å². The lowest BCUT2D eigenvalue weighted by Gasteiger charge is -2.25. The Morgan fingerprint density at radius 3 is 2.72 bits per heavy atom. The van der Waals surface area contributed by atoms with Crippen LogP contribution in [-0.2, 0) is 14.8 Å². The molecule has 3 heterocycles. The molecule has 3 N–H and O–H groups in total. The molecular formula is C17H17N5O6S. The van der Waals surface area contributed by atoms with E-state index in [1.165, 1.54) is 16.6 Å². The van der Waals surface area contributed by atoms with Crippen LogP contribution in [0.4, 0.5) is 5.69 Å². The predicted molar refractivity (Wildman–Crippen MR) is 101 cm³/mol. The maximum atomic E-state index is 12.7. The van der Waals surface area contributed by atoms with Crippen molar-refractivity contribution in [2.24, 2.45) is 0 Å². The van der Waals surface area contributed by atoms with Crippen molar-refractivity contribution in [2.75, 3.05) is 31.6 Å². The summed E-state index contributed by atoms with van der Waals surface area (Å²) in [5.41, 5.74) is 1.07. The average molecular weight is 419 g/mol. The van der Waals surface area contributed by atoms with Gasteiger partial charge in [-0.05, 0) is 18.2 Å². The van der Waals surface area contributed by atoms with Gasteiger partial charge in [0.2, 0.25) is 10.0 Å². The number of anilines is 1. The summed E-state index contributed by atoms with van der Waals surface area (Å²) in [5, 5.41) is 6.27. The zero-order valence-corrected chi connectivity index (χ0v) is 15.9. The van der Waals surface area contributed by atoms with Crippen molar-refractivity contribution in [2.45, 2.75) is 4.90 Å². The van der Waals surface area contributed by atoms with Gasteiger partial charge in [-0.3, -0.25) is 14.3 Å². The number of carbonyl (C=O) groups excluding carboxylic acids is 1. The Hall–Kier alpha value is -3.22. The van der Waals surface area contributed by atoms with E-state index in [1.807, 2.05) is 0 Å². The highest BCUT2D eigenvalue weighted by Gasteiger charge is 2.28. The lowest BCUT2D eigenvalue weighted by atomic mass is 10.2. The zero-order chi connectivity index (χ0) is 20.4. The van der Waals surface area contributed by atoms with Gasteiger partial charge in [-0.15, -0.1) is 0 Å². The molecule has 0 atom stereocenters. The van der Waals surface area contributed by atoms with Crippen LogP contribution in [-0.4, -0.2) is 60.1 Å². The summed E-state index contributed by atoms with van der Waals surface area (Å²) in [6.07, 6.45) is 1.29. The molecule has 0 saturated carbocycles. The van der Waals surface area contributed by atoms with E-state index in [4.69, 9.17) is 4.74 Å². The number of H-pyrrole nitrogens is 2. The number of ether oxygens (including phenoxy) is 1. The lowest BCUT2D eigenvalue weighted by Crippen LogP contribution is -2.40. The van der Waals surface area contributed by atoms with Crippen LogP contribution in [0.1, 0.15) is 10.5 Å². The Morgan fingerprint density at radius 2 is 2.00 bits per heavy atom. The zero-order valence-electron chi connectivity index (χ0n) is 15.0. The van der Waals surface area contributed by atoms with Crippen molar-refractivity contribution in [3.63, 3.8) is 0 Å². The van der Waals surface area contributed by atoms with Gasteiger partial charge in [-0.25, -0.2) is 13.2 Å². The van der Waals surface area contributed by atoms with Gasteiger partial charge in [-0.2, -0.15) is 4.31 Å². The number of amides is 1. The van der Waals surface area contributed by atoms with Crippen LogP contribution in [0.25, 0.3) is 11.4 Å². The van der Waals surface area contributed by atoms with Crippen LogP contribution in [0, 0.1) is 0 Å². The minimum absolute atomic E-state index is 0.0125. The minimum atomic E-state index is -3.70. The highest BCUT2D eigenvalue weighted by Crippen LogP contribution is 2.21. The second-order valence-electron chi connectivity index (χ2n) is 6.24. The second-order valence-corrected chi connectivity index (χ2v) is 8.18. The molecule has 152 valence electrons. The molecule has 0 aliphatic carbocycles. The number of benzene rings is 1. The molecule has 29 heavy (non-hydrogen) atoms. The molecule has 0 bridgehead atoms. The SMILES string of the molecule is O=C(Nc1cccc(-c2noc(=O)[nH]2)c1)c1cc(S(=O)(=O)N2CCOCC2)c[nH]1. The molecule has 1 saturated heterocycles. The normalized spacial score (nSPS) is 15.3. The Balaban J connectivity index is 1.50. The third kappa shape index (κ3) is 3.99. The average Bonchev–Trinajstić information content (AvgIpc) is 3.39. The highest BCUT2D eigenvalue weighted by atomic mass is 32.2. The predicted octanol–water partition coefficient (Wildman–Crippen LogP) is 0.631.